The van der Waals surface area contributed by atoms with Crippen molar-refractivity contribution >= 4 is 22.4 Å². The summed E-state index contributed by atoms with van der Waals surface area (Å²) >= 11 is 1.46. The Morgan fingerprint density at radius 3 is 2.89 bits per heavy atom. The van der Waals surface area contributed by atoms with E-state index in [1.165, 1.54) is 22.5 Å². The van der Waals surface area contributed by atoms with Crippen LogP contribution < -0.4 is 5.32 Å². The van der Waals surface area contributed by atoms with Crippen molar-refractivity contribution in [3.8, 4) is 0 Å². The van der Waals surface area contributed by atoms with Gasteiger partial charge in [-0.3, -0.25) is 4.79 Å². The molecule has 0 saturated heterocycles. The van der Waals surface area contributed by atoms with Gasteiger partial charge in [0.05, 0.1) is 5.69 Å². The third-order valence-electron chi connectivity index (χ3n) is 2.59. The van der Waals surface area contributed by atoms with Gasteiger partial charge in [0.1, 0.15) is 0 Å². The zero-order valence-electron chi connectivity index (χ0n) is 10.6. The number of hydrogen-bond donors (Lipinski definition) is 1. The van der Waals surface area contributed by atoms with Gasteiger partial charge in [0.25, 0.3) is 0 Å². The van der Waals surface area contributed by atoms with Crippen LogP contribution in [0.15, 0.2) is 29.6 Å². The van der Waals surface area contributed by atoms with Gasteiger partial charge >= 0.3 is 0 Å². The van der Waals surface area contributed by atoms with Crippen molar-refractivity contribution in [3.05, 3.63) is 46.5 Å². The normalized spacial score (nSPS) is 10.3. The second kappa shape index (κ2) is 5.78. The molecule has 4 heteroatoms. The first-order valence-corrected chi connectivity index (χ1v) is 6.79. The first kappa shape index (κ1) is 12.8. The Morgan fingerprint density at radius 2 is 2.22 bits per heavy atom. The summed E-state index contributed by atoms with van der Waals surface area (Å²) in [5.74, 6) is 0.0193. The lowest BCUT2D eigenvalue weighted by atomic mass is 10.1. The number of amides is 1. The van der Waals surface area contributed by atoms with Gasteiger partial charge in [-0.15, -0.1) is 11.3 Å². The van der Waals surface area contributed by atoms with Crippen molar-refractivity contribution in [1.29, 1.82) is 0 Å². The maximum absolute atomic E-state index is 11.7. The number of anilines is 1. The van der Waals surface area contributed by atoms with Crippen LogP contribution in [-0.2, 0) is 11.2 Å². The average molecular weight is 260 g/mol. The molecule has 0 saturated carbocycles. The molecule has 1 aromatic carbocycles. The van der Waals surface area contributed by atoms with Crippen LogP contribution in [-0.4, -0.2) is 10.9 Å². The Labute approximate surface area is 111 Å². The van der Waals surface area contributed by atoms with Gasteiger partial charge in [-0.05, 0) is 25.8 Å². The fraction of sp³-hybridized carbons (Fsp3) is 0.286. The highest BCUT2D eigenvalue weighted by Gasteiger charge is 2.05. The third kappa shape index (κ3) is 3.67. The largest absolute Gasteiger partial charge is 0.302 e. The molecule has 0 aliphatic heterocycles. The molecule has 1 amide bonds. The maximum Gasteiger partial charge on any atom is 0.226 e. The summed E-state index contributed by atoms with van der Waals surface area (Å²) in [4.78, 5) is 15.9. The van der Waals surface area contributed by atoms with Crippen molar-refractivity contribution < 1.29 is 4.79 Å². The lowest BCUT2D eigenvalue weighted by molar-refractivity contribution is -0.116. The Balaban J connectivity index is 1.85. The minimum atomic E-state index is 0.0193. The number of aryl methyl sites for hydroxylation is 3. The fourth-order valence-electron chi connectivity index (χ4n) is 1.72. The van der Waals surface area contributed by atoms with Crippen LogP contribution >= 0.6 is 11.3 Å². The molecule has 0 atom stereocenters. The lowest BCUT2D eigenvalue weighted by Gasteiger charge is -2.03. The Bertz CT molecular complexity index is 548. The maximum atomic E-state index is 11.7. The summed E-state index contributed by atoms with van der Waals surface area (Å²) in [7, 11) is 0. The number of nitrogens with one attached hydrogen (secondary N) is 1. The number of rotatable bonds is 4. The molecule has 2 rings (SSSR count). The highest BCUT2D eigenvalue weighted by Crippen LogP contribution is 2.15. The van der Waals surface area contributed by atoms with Crippen molar-refractivity contribution in [2.45, 2.75) is 26.7 Å². The molecular weight excluding hydrogens is 244 g/mol. The number of nitrogens with zero attached hydrogens (tertiary/aromatic N) is 1. The second-order valence-corrected chi connectivity index (χ2v) is 5.19. The van der Waals surface area contributed by atoms with Crippen molar-refractivity contribution in [2.24, 2.45) is 0 Å². The predicted molar refractivity (Wildman–Crippen MR) is 75.0 cm³/mol. The average Bonchev–Trinajstić information content (AvgIpc) is 2.72. The summed E-state index contributed by atoms with van der Waals surface area (Å²) in [6, 6.07) is 8.24. The summed E-state index contributed by atoms with van der Waals surface area (Å²) in [5, 5.41) is 5.43. The van der Waals surface area contributed by atoms with E-state index < -0.39 is 0 Å². The van der Waals surface area contributed by atoms with Gasteiger partial charge < -0.3 is 5.32 Å². The van der Waals surface area contributed by atoms with E-state index in [-0.39, 0.29) is 5.91 Å². The summed E-state index contributed by atoms with van der Waals surface area (Å²) in [6.07, 6.45) is 1.25. The number of hydrogen-bond acceptors (Lipinski definition) is 3. The van der Waals surface area contributed by atoms with Gasteiger partial charge in [0.2, 0.25) is 5.91 Å². The van der Waals surface area contributed by atoms with E-state index in [0.717, 1.165) is 12.1 Å². The highest BCUT2D eigenvalue weighted by molar-refractivity contribution is 7.13. The summed E-state index contributed by atoms with van der Waals surface area (Å²) in [6.45, 7) is 3.97. The molecule has 3 nitrogen and oxygen atoms in total. The van der Waals surface area contributed by atoms with Crippen molar-refractivity contribution in [3.63, 3.8) is 0 Å². The van der Waals surface area contributed by atoms with E-state index in [2.05, 4.69) is 29.4 Å². The van der Waals surface area contributed by atoms with Gasteiger partial charge in [0.15, 0.2) is 5.13 Å². The molecule has 18 heavy (non-hydrogen) atoms. The molecule has 1 heterocycles. The summed E-state index contributed by atoms with van der Waals surface area (Å²) in [5.41, 5.74) is 3.36. The van der Waals surface area contributed by atoms with E-state index in [0.29, 0.717) is 11.6 Å². The van der Waals surface area contributed by atoms with E-state index >= 15 is 0 Å². The van der Waals surface area contributed by atoms with Crippen molar-refractivity contribution in [1.82, 2.24) is 4.98 Å². The first-order valence-electron chi connectivity index (χ1n) is 5.91. The number of carbonyl (C=O) groups excluding carboxylic acids is 1. The quantitative estimate of drug-likeness (QED) is 0.916. The molecule has 0 unspecified atom stereocenters. The first-order chi connectivity index (χ1) is 8.63. The molecule has 1 aromatic heterocycles. The predicted octanol–water partition coefficient (Wildman–Crippen LogP) is 3.33. The zero-order chi connectivity index (χ0) is 13.0. The van der Waals surface area contributed by atoms with E-state index in [1.807, 2.05) is 24.4 Å². The van der Waals surface area contributed by atoms with E-state index in [4.69, 9.17) is 0 Å². The molecule has 1 N–H and O–H groups in total. The van der Waals surface area contributed by atoms with Crippen LogP contribution in [0.5, 0.6) is 0 Å². The van der Waals surface area contributed by atoms with Crippen LogP contribution in [0.2, 0.25) is 0 Å². The standard InChI is InChI=1S/C14H16N2OS/c1-10-4-3-5-12(8-10)6-7-13(17)16-14-15-11(2)9-18-14/h3-5,8-9H,6-7H2,1-2H3,(H,15,16,17). The van der Waals surface area contributed by atoms with Crippen LogP contribution in [0, 0.1) is 13.8 Å². The van der Waals surface area contributed by atoms with Crippen LogP contribution in [0.3, 0.4) is 0 Å². The number of thiazole rings is 1. The number of carbonyl (C=O) groups is 1. The monoisotopic (exact) mass is 260 g/mol. The topological polar surface area (TPSA) is 42.0 Å². The SMILES string of the molecule is Cc1cccc(CCC(=O)Nc2nc(C)cs2)c1. The van der Waals surface area contributed by atoms with E-state index in [1.54, 1.807) is 0 Å². The Kier molecular flexibility index (Phi) is 4.10. The summed E-state index contributed by atoms with van der Waals surface area (Å²) < 4.78 is 0. The fourth-order valence-corrected chi connectivity index (χ4v) is 2.42. The second-order valence-electron chi connectivity index (χ2n) is 4.33. The highest BCUT2D eigenvalue weighted by atomic mass is 32.1. The van der Waals surface area contributed by atoms with Crippen LogP contribution in [0.1, 0.15) is 23.2 Å². The van der Waals surface area contributed by atoms with E-state index in [9.17, 15) is 4.79 Å². The molecule has 2 aromatic rings. The molecule has 94 valence electrons. The third-order valence-corrected chi connectivity index (χ3v) is 3.46. The Hall–Kier alpha value is -1.68. The van der Waals surface area contributed by atoms with Crippen molar-refractivity contribution in [2.75, 3.05) is 5.32 Å². The van der Waals surface area contributed by atoms with Gasteiger partial charge in [0, 0.05) is 11.8 Å². The van der Waals surface area contributed by atoms with Gasteiger partial charge in [-0.25, -0.2) is 4.98 Å². The van der Waals surface area contributed by atoms with Crippen LogP contribution in [0.4, 0.5) is 5.13 Å². The molecule has 0 spiro atoms. The minimum Gasteiger partial charge on any atom is -0.302 e. The van der Waals surface area contributed by atoms with Gasteiger partial charge in [-0.1, -0.05) is 29.8 Å². The molecule has 0 aliphatic carbocycles. The molecule has 0 bridgehead atoms. The number of aromatic nitrogens is 1. The molecule has 0 aliphatic rings. The van der Waals surface area contributed by atoms with Gasteiger partial charge in [-0.2, -0.15) is 0 Å². The molecule has 0 fully saturated rings. The molecular formula is C14H16N2OS. The smallest absolute Gasteiger partial charge is 0.226 e. The Morgan fingerprint density at radius 1 is 1.39 bits per heavy atom. The zero-order valence-corrected chi connectivity index (χ0v) is 11.4. The minimum absolute atomic E-state index is 0.0193. The molecule has 0 radical (unpaired) electrons. The number of benzene rings is 1. The van der Waals surface area contributed by atoms with Crippen LogP contribution in [0.25, 0.3) is 0 Å². The lowest BCUT2D eigenvalue weighted by Crippen LogP contribution is -2.12.